The van der Waals surface area contributed by atoms with Crippen LogP contribution < -0.4 is 0 Å². The molecule has 0 aliphatic carbocycles. The van der Waals surface area contributed by atoms with Crippen molar-refractivity contribution in [2.75, 3.05) is 52.5 Å². The molecule has 1 aliphatic heterocycles. The molecule has 140 valence electrons. The summed E-state index contributed by atoms with van der Waals surface area (Å²) >= 11 is 0. The number of piperazine rings is 1. The molecule has 1 aromatic carbocycles. The van der Waals surface area contributed by atoms with Crippen LogP contribution in [0.2, 0.25) is 0 Å². The van der Waals surface area contributed by atoms with Gasteiger partial charge in [-0.1, -0.05) is 37.3 Å². The van der Waals surface area contributed by atoms with Crippen molar-refractivity contribution in [2.24, 2.45) is 0 Å². The third-order valence-electron chi connectivity index (χ3n) is 4.41. The molecule has 1 aromatic rings. The van der Waals surface area contributed by atoms with Gasteiger partial charge in [-0.3, -0.25) is 4.90 Å². The van der Waals surface area contributed by atoms with Crippen molar-refractivity contribution in [3.63, 3.8) is 0 Å². The zero-order valence-corrected chi connectivity index (χ0v) is 15.3. The SMILES string of the molecule is CCOC(=O)N1CCN(CC(O)COCC(C)c2ccccc2)CC1. The van der Waals surface area contributed by atoms with Crippen LogP contribution in [0.15, 0.2) is 30.3 Å². The van der Waals surface area contributed by atoms with Gasteiger partial charge in [-0.15, -0.1) is 0 Å². The molecule has 6 heteroatoms. The Morgan fingerprint density at radius 1 is 1.16 bits per heavy atom. The lowest BCUT2D eigenvalue weighted by Gasteiger charge is -2.34. The highest BCUT2D eigenvalue weighted by atomic mass is 16.6. The van der Waals surface area contributed by atoms with E-state index >= 15 is 0 Å². The molecular formula is C19H30N2O4. The van der Waals surface area contributed by atoms with Gasteiger partial charge in [0.2, 0.25) is 0 Å². The van der Waals surface area contributed by atoms with E-state index < -0.39 is 6.10 Å². The smallest absolute Gasteiger partial charge is 0.409 e. The predicted octanol–water partition coefficient (Wildman–Crippen LogP) is 1.94. The maximum Gasteiger partial charge on any atom is 0.409 e. The van der Waals surface area contributed by atoms with Crippen LogP contribution in [0.25, 0.3) is 0 Å². The second kappa shape index (κ2) is 10.4. The number of carbonyl (C=O) groups is 1. The van der Waals surface area contributed by atoms with Crippen LogP contribution in [0.4, 0.5) is 4.79 Å². The third kappa shape index (κ3) is 6.65. The van der Waals surface area contributed by atoms with E-state index in [0.717, 1.165) is 13.1 Å². The van der Waals surface area contributed by atoms with Crippen LogP contribution in [0.5, 0.6) is 0 Å². The van der Waals surface area contributed by atoms with Crippen LogP contribution in [0.3, 0.4) is 0 Å². The first-order valence-electron chi connectivity index (χ1n) is 9.05. The Bertz CT molecular complexity index is 503. The number of amides is 1. The molecule has 2 unspecified atom stereocenters. The largest absolute Gasteiger partial charge is 0.450 e. The summed E-state index contributed by atoms with van der Waals surface area (Å²) in [5.41, 5.74) is 1.24. The summed E-state index contributed by atoms with van der Waals surface area (Å²) < 4.78 is 10.7. The van der Waals surface area contributed by atoms with Crippen LogP contribution in [0, 0.1) is 0 Å². The lowest BCUT2D eigenvalue weighted by Crippen LogP contribution is -2.51. The van der Waals surface area contributed by atoms with E-state index in [1.54, 1.807) is 4.90 Å². The zero-order valence-electron chi connectivity index (χ0n) is 15.3. The lowest BCUT2D eigenvalue weighted by molar-refractivity contribution is 0.00388. The molecule has 1 heterocycles. The summed E-state index contributed by atoms with van der Waals surface area (Å²) in [4.78, 5) is 15.5. The van der Waals surface area contributed by atoms with Crippen molar-refractivity contribution < 1.29 is 19.4 Å². The summed E-state index contributed by atoms with van der Waals surface area (Å²) in [7, 11) is 0. The number of hydrogen-bond donors (Lipinski definition) is 1. The number of aliphatic hydroxyl groups is 1. The van der Waals surface area contributed by atoms with Gasteiger partial charge in [-0.2, -0.15) is 0 Å². The fourth-order valence-electron chi connectivity index (χ4n) is 2.94. The Kier molecular flexibility index (Phi) is 8.18. The first-order valence-corrected chi connectivity index (χ1v) is 9.05. The van der Waals surface area contributed by atoms with Gasteiger partial charge in [0.25, 0.3) is 0 Å². The Hall–Kier alpha value is -1.63. The fourth-order valence-corrected chi connectivity index (χ4v) is 2.94. The molecule has 0 radical (unpaired) electrons. The molecule has 0 saturated carbocycles. The molecular weight excluding hydrogens is 320 g/mol. The van der Waals surface area contributed by atoms with Gasteiger partial charge in [0.05, 0.1) is 25.9 Å². The van der Waals surface area contributed by atoms with E-state index in [9.17, 15) is 9.90 Å². The standard InChI is InChI=1S/C19H30N2O4/c1-3-25-19(23)21-11-9-20(10-12-21)13-18(22)15-24-14-16(2)17-7-5-4-6-8-17/h4-8,16,18,22H,3,9-15H2,1-2H3. The molecule has 2 atom stereocenters. The topological polar surface area (TPSA) is 62.2 Å². The molecule has 6 nitrogen and oxygen atoms in total. The maximum absolute atomic E-state index is 11.7. The number of aliphatic hydroxyl groups excluding tert-OH is 1. The Balaban J connectivity index is 1.61. The number of ether oxygens (including phenoxy) is 2. The summed E-state index contributed by atoms with van der Waals surface area (Å²) in [5.74, 6) is 0.307. The van der Waals surface area contributed by atoms with E-state index in [1.807, 2.05) is 25.1 Å². The molecule has 2 rings (SSSR count). The molecule has 1 saturated heterocycles. The van der Waals surface area contributed by atoms with Crippen molar-refractivity contribution in [1.29, 1.82) is 0 Å². The van der Waals surface area contributed by atoms with Gasteiger partial charge in [0.15, 0.2) is 0 Å². The minimum Gasteiger partial charge on any atom is -0.450 e. The van der Waals surface area contributed by atoms with Crippen molar-refractivity contribution in [3.8, 4) is 0 Å². The van der Waals surface area contributed by atoms with Crippen LogP contribution in [0.1, 0.15) is 25.3 Å². The Morgan fingerprint density at radius 2 is 1.84 bits per heavy atom. The summed E-state index contributed by atoms with van der Waals surface area (Å²) in [6.07, 6.45) is -0.766. The average Bonchev–Trinajstić information content (AvgIpc) is 2.63. The number of carbonyl (C=O) groups excluding carboxylic acids is 1. The first-order chi connectivity index (χ1) is 12.1. The van der Waals surface area contributed by atoms with Gasteiger partial charge in [0.1, 0.15) is 0 Å². The third-order valence-corrected chi connectivity index (χ3v) is 4.41. The quantitative estimate of drug-likeness (QED) is 0.776. The van der Waals surface area contributed by atoms with Gasteiger partial charge < -0.3 is 19.5 Å². The van der Waals surface area contributed by atoms with Crippen LogP contribution >= 0.6 is 0 Å². The highest BCUT2D eigenvalue weighted by molar-refractivity contribution is 5.67. The second-order valence-electron chi connectivity index (χ2n) is 6.49. The van der Waals surface area contributed by atoms with Crippen molar-refractivity contribution >= 4 is 6.09 Å². The molecule has 1 amide bonds. The number of β-amino-alcohol motifs (C(OH)–C–C–N with tert-alkyl or cyclic N) is 1. The highest BCUT2D eigenvalue weighted by Gasteiger charge is 2.23. The minimum atomic E-state index is -0.517. The van der Waals surface area contributed by atoms with Gasteiger partial charge in [-0.25, -0.2) is 4.79 Å². The zero-order chi connectivity index (χ0) is 18.1. The van der Waals surface area contributed by atoms with Crippen molar-refractivity contribution in [2.45, 2.75) is 25.9 Å². The Morgan fingerprint density at radius 3 is 2.48 bits per heavy atom. The lowest BCUT2D eigenvalue weighted by atomic mass is 10.0. The second-order valence-corrected chi connectivity index (χ2v) is 6.49. The normalized spacial score (nSPS) is 18.0. The van der Waals surface area contributed by atoms with Gasteiger partial charge >= 0.3 is 6.09 Å². The van der Waals surface area contributed by atoms with E-state index in [0.29, 0.717) is 45.4 Å². The molecule has 1 aliphatic rings. The molecule has 1 N–H and O–H groups in total. The van der Waals surface area contributed by atoms with Crippen molar-refractivity contribution in [3.05, 3.63) is 35.9 Å². The summed E-state index contributed by atoms with van der Waals surface area (Å²) in [6.45, 7) is 8.58. The molecule has 25 heavy (non-hydrogen) atoms. The highest BCUT2D eigenvalue weighted by Crippen LogP contribution is 2.14. The van der Waals surface area contributed by atoms with Crippen LogP contribution in [-0.4, -0.2) is 79.6 Å². The monoisotopic (exact) mass is 350 g/mol. The predicted molar refractivity (Wildman–Crippen MR) is 96.7 cm³/mol. The van der Waals surface area contributed by atoms with Gasteiger partial charge in [-0.05, 0) is 12.5 Å². The molecule has 0 bridgehead atoms. The van der Waals surface area contributed by atoms with E-state index in [1.165, 1.54) is 5.56 Å². The molecule has 0 aromatic heterocycles. The number of nitrogens with zero attached hydrogens (tertiary/aromatic N) is 2. The number of hydrogen-bond acceptors (Lipinski definition) is 5. The maximum atomic E-state index is 11.7. The summed E-state index contributed by atoms with van der Waals surface area (Å²) in [5, 5.41) is 10.2. The first kappa shape index (κ1) is 19.7. The van der Waals surface area contributed by atoms with E-state index in [4.69, 9.17) is 9.47 Å². The van der Waals surface area contributed by atoms with E-state index in [2.05, 4.69) is 24.0 Å². The van der Waals surface area contributed by atoms with Crippen molar-refractivity contribution in [1.82, 2.24) is 9.80 Å². The number of rotatable bonds is 8. The van der Waals surface area contributed by atoms with Crippen LogP contribution in [-0.2, 0) is 9.47 Å². The molecule has 1 fully saturated rings. The summed E-state index contributed by atoms with van der Waals surface area (Å²) in [6, 6.07) is 10.2. The van der Waals surface area contributed by atoms with E-state index in [-0.39, 0.29) is 6.09 Å². The average molecular weight is 350 g/mol. The van der Waals surface area contributed by atoms with Gasteiger partial charge in [0, 0.05) is 38.6 Å². The fraction of sp³-hybridized carbons (Fsp3) is 0.632. The Labute approximate surface area is 150 Å². The minimum absolute atomic E-state index is 0.249. The molecule has 0 spiro atoms. The number of benzene rings is 1.